The van der Waals surface area contributed by atoms with Gasteiger partial charge in [0.15, 0.2) is 0 Å². The molecular weight excluding hydrogens is 392 g/mol. The molecule has 3 aromatic rings. The summed E-state index contributed by atoms with van der Waals surface area (Å²) in [6.07, 6.45) is 6.43. The third-order valence-electron chi connectivity index (χ3n) is 6.12. The summed E-state index contributed by atoms with van der Waals surface area (Å²) in [4.78, 5) is 28.1. The molecule has 0 saturated heterocycles. The molecule has 1 N–H and O–H groups in total. The minimum absolute atomic E-state index is 0.211. The van der Waals surface area contributed by atoms with E-state index in [1.54, 1.807) is 36.2 Å². The molecule has 0 aromatic heterocycles. The van der Waals surface area contributed by atoms with Gasteiger partial charge in [0, 0.05) is 10.9 Å². The van der Waals surface area contributed by atoms with Gasteiger partial charge >= 0.3 is 0 Å². The monoisotopic (exact) mass is 416 g/mol. The number of nitrogens with one attached hydrogen (secondary N) is 1. The number of fused-ring (bicyclic) bond motifs is 2. The maximum atomic E-state index is 12.8. The maximum Gasteiger partial charge on any atom is 0.261 e. The van der Waals surface area contributed by atoms with E-state index in [2.05, 4.69) is 29.0 Å². The van der Waals surface area contributed by atoms with Crippen LogP contribution in [-0.4, -0.2) is 22.8 Å². The van der Waals surface area contributed by atoms with Crippen molar-refractivity contribution >= 4 is 34.5 Å². The van der Waals surface area contributed by atoms with Crippen LogP contribution < -0.4 is 4.72 Å². The Morgan fingerprint density at radius 3 is 2.13 bits per heavy atom. The van der Waals surface area contributed by atoms with E-state index in [4.69, 9.17) is 0 Å². The zero-order valence-electron chi connectivity index (χ0n) is 16.8. The van der Waals surface area contributed by atoms with Gasteiger partial charge in [-0.1, -0.05) is 61.7 Å². The Labute approximate surface area is 180 Å². The van der Waals surface area contributed by atoms with Gasteiger partial charge in [-0.25, -0.2) is 0 Å². The van der Waals surface area contributed by atoms with Gasteiger partial charge in [-0.3, -0.25) is 19.2 Å². The lowest BCUT2D eigenvalue weighted by atomic mass is 9.96. The van der Waals surface area contributed by atoms with Gasteiger partial charge in [-0.15, -0.1) is 0 Å². The van der Waals surface area contributed by atoms with Crippen LogP contribution >= 0.6 is 11.9 Å². The van der Waals surface area contributed by atoms with Gasteiger partial charge in [0.2, 0.25) is 0 Å². The van der Waals surface area contributed by atoms with Crippen molar-refractivity contribution in [1.82, 2.24) is 9.62 Å². The predicted molar refractivity (Wildman–Crippen MR) is 120 cm³/mol. The number of benzene rings is 3. The van der Waals surface area contributed by atoms with Crippen molar-refractivity contribution in [3.63, 3.8) is 0 Å². The van der Waals surface area contributed by atoms with E-state index in [1.807, 2.05) is 12.1 Å². The SMILES string of the molecule is O=C1c2ccccc2C(=O)N1Cc1ccc(SNC2CCCCC2)c2ccccc12. The molecule has 0 atom stereocenters. The second kappa shape index (κ2) is 8.25. The van der Waals surface area contributed by atoms with E-state index < -0.39 is 0 Å². The molecule has 5 heteroatoms. The van der Waals surface area contributed by atoms with Gasteiger partial charge in [0.25, 0.3) is 11.8 Å². The van der Waals surface area contributed by atoms with E-state index >= 15 is 0 Å². The Kier molecular flexibility index (Phi) is 5.32. The number of hydrogen-bond acceptors (Lipinski definition) is 4. The molecule has 2 amide bonds. The number of carbonyl (C=O) groups is 2. The third kappa shape index (κ3) is 3.53. The fraction of sp³-hybridized carbons (Fsp3) is 0.280. The fourth-order valence-corrected chi connectivity index (χ4v) is 5.43. The van der Waals surface area contributed by atoms with Crippen LogP contribution in [0.5, 0.6) is 0 Å². The molecule has 1 heterocycles. The summed E-state index contributed by atoms with van der Waals surface area (Å²) in [5.41, 5.74) is 1.98. The Morgan fingerprint density at radius 2 is 1.43 bits per heavy atom. The Balaban J connectivity index is 1.41. The number of hydrogen-bond donors (Lipinski definition) is 1. The minimum Gasteiger partial charge on any atom is -0.270 e. The number of carbonyl (C=O) groups excluding carboxylic acids is 2. The first kappa shape index (κ1) is 19.3. The molecule has 4 nitrogen and oxygen atoms in total. The number of nitrogens with zero attached hydrogens (tertiary/aromatic N) is 1. The predicted octanol–water partition coefficient (Wildman–Crippen LogP) is 5.57. The van der Waals surface area contributed by atoms with Gasteiger partial charge < -0.3 is 0 Å². The number of amides is 2. The van der Waals surface area contributed by atoms with Crippen molar-refractivity contribution in [2.24, 2.45) is 0 Å². The molecule has 5 rings (SSSR count). The minimum atomic E-state index is -0.211. The molecular formula is C25H24N2O2S. The van der Waals surface area contributed by atoms with Crippen molar-refractivity contribution in [2.75, 3.05) is 0 Å². The van der Waals surface area contributed by atoms with Crippen LogP contribution in [0.3, 0.4) is 0 Å². The highest BCUT2D eigenvalue weighted by atomic mass is 32.2. The summed E-state index contributed by atoms with van der Waals surface area (Å²) in [6, 6.07) is 20.0. The van der Waals surface area contributed by atoms with Gasteiger partial charge in [0.05, 0.1) is 17.7 Å². The molecule has 0 radical (unpaired) electrons. The molecule has 1 aliphatic heterocycles. The molecule has 1 saturated carbocycles. The van der Waals surface area contributed by atoms with E-state index in [-0.39, 0.29) is 18.4 Å². The standard InChI is InChI=1S/C25H24N2O2S/c28-24-21-12-6-7-13-22(21)25(29)27(24)16-17-14-15-23(20-11-5-4-10-19(17)20)30-26-18-8-2-1-3-9-18/h4-7,10-15,18,26H,1-3,8-9,16H2. The number of rotatable bonds is 5. The zero-order valence-corrected chi connectivity index (χ0v) is 17.6. The lowest BCUT2D eigenvalue weighted by Crippen LogP contribution is -2.29. The first-order chi connectivity index (χ1) is 14.7. The van der Waals surface area contributed by atoms with E-state index in [1.165, 1.54) is 41.9 Å². The highest BCUT2D eigenvalue weighted by Gasteiger charge is 2.35. The Hall–Kier alpha value is -2.63. The molecule has 0 unspecified atom stereocenters. The summed E-state index contributed by atoms with van der Waals surface area (Å²) < 4.78 is 3.65. The highest BCUT2D eigenvalue weighted by molar-refractivity contribution is 7.97. The van der Waals surface area contributed by atoms with E-state index in [0.717, 1.165) is 16.3 Å². The van der Waals surface area contributed by atoms with Crippen molar-refractivity contribution in [3.05, 3.63) is 77.4 Å². The average molecular weight is 417 g/mol. The highest BCUT2D eigenvalue weighted by Crippen LogP contribution is 2.32. The first-order valence-electron chi connectivity index (χ1n) is 10.6. The van der Waals surface area contributed by atoms with Crippen LogP contribution in [0.2, 0.25) is 0 Å². The molecule has 30 heavy (non-hydrogen) atoms. The van der Waals surface area contributed by atoms with Crippen molar-refractivity contribution < 1.29 is 9.59 Å². The van der Waals surface area contributed by atoms with E-state index in [0.29, 0.717) is 17.2 Å². The van der Waals surface area contributed by atoms with Crippen molar-refractivity contribution in [2.45, 2.75) is 49.6 Å². The second-order valence-electron chi connectivity index (χ2n) is 8.07. The topological polar surface area (TPSA) is 49.4 Å². The van der Waals surface area contributed by atoms with Crippen LogP contribution in [0.1, 0.15) is 58.4 Å². The summed E-state index contributed by atoms with van der Waals surface area (Å²) in [5, 5.41) is 2.24. The summed E-state index contributed by atoms with van der Waals surface area (Å²) in [5.74, 6) is -0.422. The van der Waals surface area contributed by atoms with Crippen LogP contribution in [0.15, 0.2) is 65.6 Å². The second-order valence-corrected chi connectivity index (χ2v) is 8.94. The van der Waals surface area contributed by atoms with Gasteiger partial charge in [-0.05, 0) is 59.3 Å². The van der Waals surface area contributed by atoms with E-state index in [9.17, 15) is 9.59 Å². The summed E-state index contributed by atoms with van der Waals surface area (Å²) in [6.45, 7) is 0.286. The molecule has 152 valence electrons. The van der Waals surface area contributed by atoms with Crippen LogP contribution in [-0.2, 0) is 6.54 Å². The molecule has 0 spiro atoms. The van der Waals surface area contributed by atoms with Crippen LogP contribution in [0, 0.1) is 0 Å². The molecule has 0 bridgehead atoms. The quantitative estimate of drug-likeness (QED) is 0.437. The number of imide groups is 1. The third-order valence-corrected chi connectivity index (χ3v) is 7.15. The largest absolute Gasteiger partial charge is 0.270 e. The molecule has 1 aliphatic carbocycles. The zero-order chi connectivity index (χ0) is 20.5. The smallest absolute Gasteiger partial charge is 0.261 e. The Morgan fingerprint density at radius 1 is 0.800 bits per heavy atom. The fourth-order valence-electron chi connectivity index (χ4n) is 4.48. The first-order valence-corrected chi connectivity index (χ1v) is 11.4. The normalized spacial score (nSPS) is 17.0. The average Bonchev–Trinajstić information content (AvgIpc) is 3.04. The molecule has 1 fully saturated rings. The Bertz CT molecular complexity index is 1090. The lowest BCUT2D eigenvalue weighted by molar-refractivity contribution is 0.0643. The maximum absolute atomic E-state index is 12.8. The molecule has 3 aromatic carbocycles. The van der Waals surface area contributed by atoms with Crippen molar-refractivity contribution in [3.8, 4) is 0 Å². The van der Waals surface area contributed by atoms with Gasteiger partial charge in [0.1, 0.15) is 0 Å². The molecule has 2 aliphatic rings. The van der Waals surface area contributed by atoms with Gasteiger partial charge in [-0.2, -0.15) is 0 Å². The van der Waals surface area contributed by atoms with Crippen LogP contribution in [0.25, 0.3) is 10.8 Å². The lowest BCUT2D eigenvalue weighted by Gasteiger charge is -2.23. The van der Waals surface area contributed by atoms with Crippen molar-refractivity contribution in [1.29, 1.82) is 0 Å². The summed E-state index contributed by atoms with van der Waals surface area (Å²) >= 11 is 1.70. The summed E-state index contributed by atoms with van der Waals surface area (Å²) in [7, 11) is 0. The van der Waals surface area contributed by atoms with Crippen LogP contribution in [0.4, 0.5) is 0 Å².